The summed E-state index contributed by atoms with van der Waals surface area (Å²) in [6.07, 6.45) is 3.25. The number of amides is 1. The van der Waals surface area contributed by atoms with Gasteiger partial charge in [0.05, 0.1) is 28.3 Å². The van der Waals surface area contributed by atoms with Gasteiger partial charge >= 0.3 is 0 Å². The zero-order valence-corrected chi connectivity index (χ0v) is 15.6. The zero-order valence-electron chi connectivity index (χ0n) is 14.8. The van der Waals surface area contributed by atoms with Crippen molar-refractivity contribution in [2.24, 2.45) is 0 Å². The molecule has 0 aliphatic carbocycles. The van der Waals surface area contributed by atoms with Gasteiger partial charge in [0.15, 0.2) is 0 Å². The fourth-order valence-corrected chi connectivity index (χ4v) is 3.46. The van der Waals surface area contributed by atoms with E-state index in [1.807, 2.05) is 36.4 Å². The number of nitrogens with zero attached hydrogens (tertiary/aromatic N) is 2. The van der Waals surface area contributed by atoms with Crippen LogP contribution >= 0.6 is 11.3 Å². The number of hydrogen-bond acceptors (Lipinski definition) is 6. The number of carbonyl (C=O) groups is 1. The van der Waals surface area contributed by atoms with Crippen LogP contribution in [0.4, 0.5) is 11.6 Å². The molecule has 4 rings (SSSR count). The van der Waals surface area contributed by atoms with Gasteiger partial charge in [0.25, 0.3) is 5.91 Å². The Morgan fingerprint density at radius 2 is 2.07 bits per heavy atom. The number of thiophene rings is 1. The maximum absolute atomic E-state index is 12.3. The highest BCUT2D eigenvalue weighted by molar-refractivity contribution is 7.17. The lowest BCUT2D eigenvalue weighted by atomic mass is 9.96. The Morgan fingerprint density at radius 1 is 1.14 bits per heavy atom. The molecular weight excluding hydrogens is 371 g/mol. The van der Waals surface area contributed by atoms with E-state index in [1.54, 1.807) is 30.7 Å². The van der Waals surface area contributed by atoms with Gasteiger partial charge < -0.3 is 15.1 Å². The molecule has 4 aromatic rings. The highest BCUT2D eigenvalue weighted by Gasteiger charge is 2.12. The van der Waals surface area contributed by atoms with Crippen LogP contribution < -0.4 is 16.1 Å². The summed E-state index contributed by atoms with van der Waals surface area (Å²) in [4.78, 5) is 22.6. The lowest BCUT2D eigenvalue weighted by Gasteiger charge is -2.06. The minimum atomic E-state index is -0.153. The van der Waals surface area contributed by atoms with Crippen LogP contribution in [0.2, 0.25) is 0 Å². The van der Waals surface area contributed by atoms with Crippen molar-refractivity contribution >= 4 is 42.2 Å². The first kappa shape index (κ1) is 18.0. The molecule has 0 unspecified atom stereocenters. The number of aromatic nitrogens is 2. The van der Waals surface area contributed by atoms with Crippen molar-refractivity contribution in [3.05, 3.63) is 77.7 Å². The maximum Gasteiger partial charge on any atom is 0.261 e. The molecule has 1 amide bonds. The summed E-state index contributed by atoms with van der Waals surface area (Å²) in [6.45, 7) is 0.348. The van der Waals surface area contributed by atoms with Crippen LogP contribution in [0.5, 0.6) is 0 Å². The summed E-state index contributed by atoms with van der Waals surface area (Å²) in [7, 11) is 5.80. The molecule has 0 aliphatic rings. The number of nitrogens with one attached hydrogen (secondary N) is 2. The van der Waals surface area contributed by atoms with Gasteiger partial charge in [-0.25, -0.2) is 9.97 Å². The average molecular weight is 386 g/mol. The van der Waals surface area contributed by atoms with E-state index in [9.17, 15) is 4.79 Å². The second kappa shape index (κ2) is 8.10. The molecule has 8 heteroatoms. The van der Waals surface area contributed by atoms with E-state index in [0.29, 0.717) is 28.6 Å². The van der Waals surface area contributed by atoms with Crippen molar-refractivity contribution in [2.45, 2.75) is 6.54 Å². The van der Waals surface area contributed by atoms with E-state index in [4.69, 9.17) is 12.3 Å². The first-order chi connectivity index (χ1) is 13.7. The molecule has 28 heavy (non-hydrogen) atoms. The summed E-state index contributed by atoms with van der Waals surface area (Å²) in [5, 5.41) is 5.97. The van der Waals surface area contributed by atoms with E-state index < -0.39 is 0 Å². The summed E-state index contributed by atoms with van der Waals surface area (Å²) in [5.74, 6) is 1.01. The van der Waals surface area contributed by atoms with Crippen molar-refractivity contribution in [2.75, 3.05) is 5.32 Å². The SMILES string of the molecule is [B]c1cccc(Nc2nccc(-c3ccc(C(=O)NCc4ccco4)s3)n2)c1. The first-order valence-corrected chi connectivity index (χ1v) is 9.35. The molecule has 0 spiro atoms. The van der Waals surface area contributed by atoms with Gasteiger partial charge in [-0.05, 0) is 42.5 Å². The van der Waals surface area contributed by atoms with E-state index in [1.165, 1.54) is 11.3 Å². The topological polar surface area (TPSA) is 80.0 Å². The normalized spacial score (nSPS) is 10.6. The van der Waals surface area contributed by atoms with E-state index in [2.05, 4.69) is 20.6 Å². The molecule has 136 valence electrons. The van der Waals surface area contributed by atoms with Gasteiger partial charge in [-0.3, -0.25) is 4.79 Å². The van der Waals surface area contributed by atoms with Crippen molar-refractivity contribution in [3.63, 3.8) is 0 Å². The molecule has 0 bridgehead atoms. The van der Waals surface area contributed by atoms with E-state index in [0.717, 1.165) is 16.3 Å². The number of rotatable bonds is 6. The second-order valence-electron chi connectivity index (χ2n) is 5.94. The minimum absolute atomic E-state index is 0.153. The van der Waals surface area contributed by atoms with Crippen molar-refractivity contribution in [1.82, 2.24) is 15.3 Å². The third-order valence-corrected chi connectivity index (χ3v) is 4.99. The Balaban J connectivity index is 1.46. The van der Waals surface area contributed by atoms with Crippen molar-refractivity contribution in [1.29, 1.82) is 0 Å². The van der Waals surface area contributed by atoms with Crippen LogP contribution in [0.3, 0.4) is 0 Å². The Bertz CT molecular complexity index is 1100. The summed E-state index contributed by atoms with van der Waals surface area (Å²) < 4.78 is 5.22. The lowest BCUT2D eigenvalue weighted by molar-refractivity contribution is 0.0952. The van der Waals surface area contributed by atoms with Crippen LogP contribution in [-0.4, -0.2) is 23.7 Å². The zero-order chi connectivity index (χ0) is 19.3. The van der Waals surface area contributed by atoms with E-state index in [-0.39, 0.29) is 5.91 Å². The van der Waals surface area contributed by atoms with Gasteiger partial charge in [-0.1, -0.05) is 17.6 Å². The Kier molecular flexibility index (Phi) is 5.21. The summed E-state index contributed by atoms with van der Waals surface area (Å²) >= 11 is 1.37. The molecule has 6 nitrogen and oxygen atoms in total. The predicted octanol–water partition coefficient (Wildman–Crippen LogP) is 3.27. The fourth-order valence-electron chi connectivity index (χ4n) is 2.57. The van der Waals surface area contributed by atoms with Gasteiger partial charge in [0.1, 0.15) is 13.6 Å². The third kappa shape index (κ3) is 4.29. The maximum atomic E-state index is 12.3. The molecule has 2 N–H and O–H groups in total. The van der Waals surface area contributed by atoms with Crippen molar-refractivity contribution < 1.29 is 9.21 Å². The van der Waals surface area contributed by atoms with Crippen LogP contribution in [0.25, 0.3) is 10.6 Å². The molecule has 0 fully saturated rings. The number of anilines is 2. The largest absolute Gasteiger partial charge is 0.467 e. The molecule has 0 atom stereocenters. The van der Waals surface area contributed by atoms with Gasteiger partial charge in [-0.15, -0.1) is 11.3 Å². The van der Waals surface area contributed by atoms with Crippen LogP contribution in [0.1, 0.15) is 15.4 Å². The molecule has 3 heterocycles. The fraction of sp³-hybridized carbons (Fsp3) is 0.0500. The monoisotopic (exact) mass is 386 g/mol. The summed E-state index contributed by atoms with van der Waals surface area (Å²) in [5.41, 5.74) is 2.20. The molecule has 0 aliphatic heterocycles. The Hall–Kier alpha value is -3.39. The molecule has 3 aromatic heterocycles. The molecule has 2 radical (unpaired) electrons. The third-order valence-electron chi connectivity index (χ3n) is 3.88. The number of furan rings is 1. The lowest BCUT2D eigenvalue weighted by Crippen LogP contribution is -2.21. The van der Waals surface area contributed by atoms with Gasteiger partial charge in [0.2, 0.25) is 5.95 Å². The number of carbonyl (C=O) groups excluding carboxylic acids is 1. The van der Waals surface area contributed by atoms with Crippen molar-refractivity contribution in [3.8, 4) is 10.6 Å². The van der Waals surface area contributed by atoms with Crippen LogP contribution in [0.15, 0.2) is 71.5 Å². The highest BCUT2D eigenvalue weighted by Crippen LogP contribution is 2.27. The average Bonchev–Trinajstić information content (AvgIpc) is 3.38. The first-order valence-electron chi connectivity index (χ1n) is 8.54. The van der Waals surface area contributed by atoms with E-state index >= 15 is 0 Å². The van der Waals surface area contributed by atoms with Gasteiger partial charge in [0, 0.05) is 11.9 Å². The molecule has 0 saturated carbocycles. The highest BCUT2D eigenvalue weighted by atomic mass is 32.1. The van der Waals surface area contributed by atoms with Gasteiger partial charge in [-0.2, -0.15) is 0 Å². The Morgan fingerprint density at radius 3 is 2.89 bits per heavy atom. The summed E-state index contributed by atoms with van der Waals surface area (Å²) in [6, 6.07) is 16.4. The minimum Gasteiger partial charge on any atom is -0.467 e. The standard InChI is InChI=1S/C20H15BN4O2S/c21-13-3-1-4-14(11-13)24-20-22-9-8-16(25-20)17-6-7-18(28-17)19(26)23-12-15-5-2-10-27-15/h1-11H,12H2,(H,23,26)(H,22,24,25). The predicted molar refractivity (Wildman–Crippen MR) is 110 cm³/mol. The molecule has 0 saturated heterocycles. The quantitative estimate of drug-likeness (QED) is 0.498. The smallest absolute Gasteiger partial charge is 0.261 e. The number of hydrogen-bond donors (Lipinski definition) is 2. The number of benzene rings is 1. The molecule has 1 aromatic carbocycles. The Labute approximate surface area is 167 Å². The van der Waals surface area contributed by atoms with Crippen LogP contribution in [0, 0.1) is 0 Å². The second-order valence-corrected chi connectivity index (χ2v) is 7.03. The van der Waals surface area contributed by atoms with Crippen LogP contribution in [-0.2, 0) is 6.54 Å². The molecular formula is C20H15BN4O2S.